The Morgan fingerprint density at radius 1 is 0.861 bits per heavy atom. The lowest BCUT2D eigenvalue weighted by Crippen LogP contribution is -2.31. The van der Waals surface area contributed by atoms with Gasteiger partial charge in [0.25, 0.3) is 5.91 Å². The fourth-order valence-corrected chi connectivity index (χ4v) is 5.12. The van der Waals surface area contributed by atoms with E-state index >= 15 is 0 Å². The van der Waals surface area contributed by atoms with E-state index in [9.17, 15) is 9.59 Å². The number of hydrogen-bond acceptors (Lipinski definition) is 5. The van der Waals surface area contributed by atoms with Crippen LogP contribution in [0.3, 0.4) is 0 Å². The smallest absolute Gasteiger partial charge is 0.307 e. The first kappa shape index (κ1) is 23.8. The van der Waals surface area contributed by atoms with Crippen LogP contribution in [-0.2, 0) is 14.3 Å². The zero-order valence-corrected chi connectivity index (χ0v) is 20.6. The van der Waals surface area contributed by atoms with Crippen LogP contribution in [0.25, 0.3) is 10.8 Å². The maximum atomic E-state index is 13.2. The van der Waals surface area contributed by atoms with E-state index in [0.717, 1.165) is 32.5 Å². The summed E-state index contributed by atoms with van der Waals surface area (Å²) in [5.41, 5.74) is 2.82. The monoisotopic (exact) mass is 494 g/mol. The topological polar surface area (TPSA) is 59.0 Å². The Labute approximate surface area is 214 Å². The molecule has 0 aromatic heterocycles. The van der Waals surface area contributed by atoms with Crippen LogP contribution in [0, 0.1) is 0 Å². The maximum absolute atomic E-state index is 13.2. The number of carbonyl (C=O) groups excluding carboxylic acids is 2. The molecule has 36 heavy (non-hydrogen) atoms. The number of esters is 1. The van der Waals surface area contributed by atoms with Crippen LogP contribution < -0.4 is 0 Å². The van der Waals surface area contributed by atoms with Crippen molar-refractivity contribution in [2.45, 2.75) is 23.8 Å². The van der Waals surface area contributed by atoms with Crippen LogP contribution in [0.2, 0.25) is 0 Å². The van der Waals surface area contributed by atoms with Gasteiger partial charge in [-0.05, 0) is 40.1 Å². The second kappa shape index (κ2) is 11.2. The fourth-order valence-electron chi connectivity index (χ4n) is 4.27. The van der Waals surface area contributed by atoms with Gasteiger partial charge >= 0.3 is 5.97 Å². The van der Waals surface area contributed by atoms with Crippen molar-refractivity contribution in [1.29, 1.82) is 0 Å². The summed E-state index contributed by atoms with van der Waals surface area (Å²) in [7, 11) is 0. The molecule has 0 spiro atoms. The summed E-state index contributed by atoms with van der Waals surface area (Å²) in [4.78, 5) is 26.5. The van der Waals surface area contributed by atoms with Crippen molar-refractivity contribution in [3.8, 4) is 0 Å². The summed E-state index contributed by atoms with van der Waals surface area (Å²) in [6.07, 6.45) is 0.830. The number of fused-ring (bicyclic) bond motifs is 1. The average Bonchev–Trinajstić information content (AvgIpc) is 3.38. The number of nitrogens with zero attached hydrogens (tertiary/aromatic N) is 2. The molecule has 4 aromatic rings. The van der Waals surface area contributed by atoms with E-state index in [1.165, 1.54) is 5.01 Å². The molecule has 0 N–H and O–H groups in total. The van der Waals surface area contributed by atoms with Crippen molar-refractivity contribution in [1.82, 2.24) is 5.01 Å². The lowest BCUT2D eigenvalue weighted by molar-refractivity contribution is -0.152. The van der Waals surface area contributed by atoms with E-state index in [-0.39, 0.29) is 30.9 Å². The number of amides is 1. The molecule has 5 rings (SSSR count). The minimum Gasteiger partial charge on any atom is -0.455 e. The first-order valence-electron chi connectivity index (χ1n) is 11.9. The molecule has 1 aliphatic heterocycles. The van der Waals surface area contributed by atoms with Crippen LogP contribution in [0.5, 0.6) is 0 Å². The SMILES string of the molecule is O=C(CCSc1ccccc1)OCC(=O)N1N=C(c2ccc3ccccc3c2)CC1c1ccccc1. The van der Waals surface area contributed by atoms with Crippen LogP contribution in [-0.4, -0.2) is 35.0 Å². The average molecular weight is 495 g/mol. The predicted octanol–water partition coefficient (Wildman–Crippen LogP) is 6.24. The van der Waals surface area contributed by atoms with Gasteiger partial charge in [-0.1, -0.05) is 84.9 Å². The van der Waals surface area contributed by atoms with Gasteiger partial charge in [0.2, 0.25) is 0 Å². The van der Waals surface area contributed by atoms with Crippen LogP contribution >= 0.6 is 11.8 Å². The summed E-state index contributed by atoms with van der Waals surface area (Å²) >= 11 is 1.59. The van der Waals surface area contributed by atoms with Crippen molar-refractivity contribution in [3.63, 3.8) is 0 Å². The number of benzene rings is 4. The molecule has 180 valence electrons. The molecule has 0 aliphatic carbocycles. The van der Waals surface area contributed by atoms with Crippen molar-refractivity contribution in [2.24, 2.45) is 5.10 Å². The van der Waals surface area contributed by atoms with Gasteiger partial charge in [0.1, 0.15) is 0 Å². The number of carbonyl (C=O) groups is 2. The summed E-state index contributed by atoms with van der Waals surface area (Å²) in [6.45, 7) is -0.327. The summed E-state index contributed by atoms with van der Waals surface area (Å²) < 4.78 is 5.32. The lowest BCUT2D eigenvalue weighted by atomic mass is 9.97. The van der Waals surface area contributed by atoms with Crippen LogP contribution in [0.1, 0.15) is 30.0 Å². The molecule has 0 saturated heterocycles. The molecule has 0 radical (unpaired) electrons. The van der Waals surface area contributed by atoms with E-state index in [1.54, 1.807) is 11.8 Å². The predicted molar refractivity (Wildman–Crippen MR) is 144 cm³/mol. The van der Waals surface area contributed by atoms with Crippen LogP contribution in [0.15, 0.2) is 113 Å². The minimum absolute atomic E-state index is 0.237. The van der Waals surface area contributed by atoms with Crippen molar-refractivity contribution < 1.29 is 14.3 Å². The molecule has 0 saturated carbocycles. The quantitative estimate of drug-likeness (QED) is 0.215. The highest BCUT2D eigenvalue weighted by molar-refractivity contribution is 7.99. The van der Waals surface area contributed by atoms with Gasteiger partial charge in [-0.2, -0.15) is 5.10 Å². The van der Waals surface area contributed by atoms with Gasteiger partial charge in [-0.3, -0.25) is 9.59 Å². The number of hydrazone groups is 1. The first-order valence-corrected chi connectivity index (χ1v) is 12.9. The van der Waals surface area contributed by atoms with E-state index in [0.29, 0.717) is 12.2 Å². The molecule has 5 nitrogen and oxygen atoms in total. The molecule has 1 amide bonds. The summed E-state index contributed by atoms with van der Waals surface area (Å²) in [5.74, 6) is -0.123. The van der Waals surface area contributed by atoms with Crippen molar-refractivity contribution in [3.05, 3.63) is 114 Å². The highest BCUT2D eigenvalue weighted by atomic mass is 32.2. The molecule has 1 aliphatic rings. The van der Waals surface area contributed by atoms with E-state index in [4.69, 9.17) is 9.84 Å². The normalized spacial score (nSPS) is 15.1. The zero-order valence-electron chi connectivity index (χ0n) is 19.7. The first-order chi connectivity index (χ1) is 17.7. The third kappa shape index (κ3) is 5.66. The standard InChI is InChI=1S/C30H26N2O3S/c33-29(21-35-30(34)17-18-36-26-13-5-2-6-14-26)32-28(23-10-3-1-4-11-23)20-27(31-32)25-16-15-22-9-7-8-12-24(22)19-25/h1-16,19,28H,17-18,20-21H2. The van der Waals surface area contributed by atoms with Gasteiger partial charge in [0.15, 0.2) is 6.61 Å². The molecule has 6 heteroatoms. The number of hydrogen-bond donors (Lipinski definition) is 0. The fraction of sp³-hybridized carbons (Fsp3) is 0.167. The lowest BCUT2D eigenvalue weighted by Gasteiger charge is -2.21. The Morgan fingerprint density at radius 2 is 1.56 bits per heavy atom. The van der Waals surface area contributed by atoms with Gasteiger partial charge in [-0.25, -0.2) is 5.01 Å². The molecule has 0 fully saturated rings. The maximum Gasteiger partial charge on any atom is 0.307 e. The molecular formula is C30H26N2O3S. The van der Waals surface area contributed by atoms with E-state index in [1.807, 2.05) is 78.9 Å². The van der Waals surface area contributed by atoms with Gasteiger partial charge in [0, 0.05) is 17.1 Å². The number of rotatable bonds is 8. The molecule has 4 aromatic carbocycles. The van der Waals surface area contributed by atoms with Gasteiger partial charge in [-0.15, -0.1) is 11.8 Å². The van der Waals surface area contributed by atoms with Gasteiger partial charge in [0.05, 0.1) is 18.2 Å². The Balaban J connectivity index is 1.27. The van der Waals surface area contributed by atoms with E-state index < -0.39 is 0 Å². The molecule has 1 atom stereocenters. The zero-order chi connectivity index (χ0) is 24.7. The molecular weight excluding hydrogens is 468 g/mol. The highest BCUT2D eigenvalue weighted by Gasteiger charge is 2.33. The third-order valence-electron chi connectivity index (χ3n) is 6.11. The molecule has 1 heterocycles. The molecule has 1 unspecified atom stereocenters. The third-order valence-corrected chi connectivity index (χ3v) is 7.12. The van der Waals surface area contributed by atoms with Crippen molar-refractivity contribution >= 4 is 40.1 Å². The number of ether oxygens (including phenoxy) is 1. The minimum atomic E-state index is -0.388. The Morgan fingerprint density at radius 3 is 2.33 bits per heavy atom. The Bertz CT molecular complexity index is 1390. The Kier molecular flexibility index (Phi) is 7.43. The highest BCUT2D eigenvalue weighted by Crippen LogP contribution is 2.33. The second-order valence-corrected chi connectivity index (χ2v) is 9.72. The van der Waals surface area contributed by atoms with Crippen molar-refractivity contribution in [2.75, 3.05) is 12.4 Å². The van der Waals surface area contributed by atoms with E-state index in [2.05, 4.69) is 24.3 Å². The van der Waals surface area contributed by atoms with Gasteiger partial charge < -0.3 is 4.74 Å². The summed E-state index contributed by atoms with van der Waals surface area (Å²) in [6, 6.07) is 33.9. The summed E-state index contributed by atoms with van der Waals surface area (Å²) in [5, 5.41) is 8.47. The molecule has 0 bridgehead atoms. The van der Waals surface area contributed by atoms with Crippen LogP contribution in [0.4, 0.5) is 0 Å². The number of thioether (sulfide) groups is 1. The Hall–Kier alpha value is -3.90. The second-order valence-electron chi connectivity index (χ2n) is 8.55. The largest absolute Gasteiger partial charge is 0.455 e.